The molecule has 2 rings (SSSR count). The van der Waals surface area contributed by atoms with Crippen LogP contribution in [0.15, 0.2) is 58.7 Å². The molecule has 0 aliphatic carbocycles. The summed E-state index contributed by atoms with van der Waals surface area (Å²) in [6.45, 7) is 3.92. The Bertz CT molecular complexity index is 840. The lowest BCUT2D eigenvalue weighted by Crippen LogP contribution is -2.39. The molecule has 2 aromatic rings. The Morgan fingerprint density at radius 2 is 1.93 bits per heavy atom. The molecular formula is C19H27N5O3S. The molecule has 9 heteroatoms. The first kappa shape index (κ1) is 21.6. The largest absolute Gasteiger partial charge is 0.497 e. The fraction of sp³-hybridized carbons (Fsp3) is 0.368. The smallest absolute Gasteiger partial charge is 0.242 e. The molecule has 152 valence electrons. The Labute approximate surface area is 166 Å². The topological polar surface area (TPSA) is 105 Å². The predicted octanol–water partition coefficient (Wildman–Crippen LogP) is 1.17. The minimum absolute atomic E-state index is 0.142. The number of benzene rings is 1. The predicted molar refractivity (Wildman–Crippen MR) is 110 cm³/mol. The van der Waals surface area contributed by atoms with Crippen molar-refractivity contribution in [3.63, 3.8) is 0 Å². The van der Waals surface area contributed by atoms with Gasteiger partial charge in [0, 0.05) is 32.0 Å². The molecular weight excluding hydrogens is 378 g/mol. The number of aromatic nitrogens is 1. The van der Waals surface area contributed by atoms with Crippen LogP contribution >= 0.6 is 0 Å². The molecule has 0 radical (unpaired) electrons. The van der Waals surface area contributed by atoms with Crippen LogP contribution in [0.2, 0.25) is 0 Å². The average Bonchev–Trinajstić information content (AvgIpc) is 2.72. The number of nitrogens with one attached hydrogen (secondary N) is 3. The average molecular weight is 406 g/mol. The number of methoxy groups -OCH3 is 1. The lowest BCUT2D eigenvalue weighted by atomic mass is 10.1. The van der Waals surface area contributed by atoms with Gasteiger partial charge in [-0.2, -0.15) is 0 Å². The van der Waals surface area contributed by atoms with E-state index in [2.05, 4.69) is 25.3 Å². The number of pyridine rings is 1. The van der Waals surface area contributed by atoms with Crippen molar-refractivity contribution < 1.29 is 13.2 Å². The quantitative estimate of drug-likeness (QED) is 0.311. The molecule has 0 unspecified atom stereocenters. The third kappa shape index (κ3) is 7.16. The monoisotopic (exact) mass is 405 g/mol. The third-order valence-corrected chi connectivity index (χ3v) is 5.27. The van der Waals surface area contributed by atoms with Crippen molar-refractivity contribution in [2.75, 3.05) is 33.3 Å². The van der Waals surface area contributed by atoms with Gasteiger partial charge >= 0.3 is 0 Å². The van der Waals surface area contributed by atoms with Gasteiger partial charge in [-0.05, 0) is 43.2 Å². The number of aliphatic imine (C=N–C) groups is 1. The van der Waals surface area contributed by atoms with Gasteiger partial charge in [0.05, 0.1) is 13.7 Å². The molecule has 1 aromatic carbocycles. The SMILES string of the molecule is CCNC(=NCCNS(=O)(=O)c1cccnc1)NCCc1ccc(OC)cc1. The van der Waals surface area contributed by atoms with Crippen LogP contribution in [0.4, 0.5) is 0 Å². The number of hydrogen-bond acceptors (Lipinski definition) is 5. The summed E-state index contributed by atoms with van der Waals surface area (Å²) < 4.78 is 32.0. The molecule has 1 heterocycles. The Hall–Kier alpha value is -2.65. The van der Waals surface area contributed by atoms with E-state index < -0.39 is 10.0 Å². The van der Waals surface area contributed by atoms with Crippen LogP contribution in [0.3, 0.4) is 0 Å². The summed E-state index contributed by atoms with van der Waals surface area (Å²) in [5.74, 6) is 1.48. The minimum atomic E-state index is -3.56. The second kappa shape index (κ2) is 11.3. The number of guanidine groups is 1. The van der Waals surface area contributed by atoms with Gasteiger partial charge in [-0.25, -0.2) is 13.1 Å². The van der Waals surface area contributed by atoms with E-state index in [1.165, 1.54) is 24.0 Å². The van der Waals surface area contributed by atoms with E-state index in [9.17, 15) is 8.42 Å². The zero-order chi connectivity index (χ0) is 20.2. The summed E-state index contributed by atoms with van der Waals surface area (Å²) in [4.78, 5) is 8.37. The lowest BCUT2D eigenvalue weighted by molar-refractivity contribution is 0.414. The van der Waals surface area contributed by atoms with Crippen molar-refractivity contribution in [3.8, 4) is 5.75 Å². The van der Waals surface area contributed by atoms with E-state index in [4.69, 9.17) is 4.74 Å². The minimum Gasteiger partial charge on any atom is -0.497 e. The number of sulfonamides is 1. The second-order valence-electron chi connectivity index (χ2n) is 5.87. The van der Waals surface area contributed by atoms with Gasteiger partial charge in [0.25, 0.3) is 0 Å². The van der Waals surface area contributed by atoms with Crippen LogP contribution in [0.25, 0.3) is 0 Å². The van der Waals surface area contributed by atoms with Crippen LogP contribution in [-0.4, -0.2) is 52.7 Å². The highest BCUT2D eigenvalue weighted by molar-refractivity contribution is 7.89. The van der Waals surface area contributed by atoms with Gasteiger partial charge in [0.15, 0.2) is 5.96 Å². The second-order valence-corrected chi connectivity index (χ2v) is 7.64. The molecule has 1 aromatic heterocycles. The summed E-state index contributed by atoms with van der Waals surface area (Å²) in [6, 6.07) is 11.0. The summed E-state index contributed by atoms with van der Waals surface area (Å²) in [5.41, 5.74) is 1.19. The van der Waals surface area contributed by atoms with E-state index in [1.54, 1.807) is 13.2 Å². The molecule has 0 bridgehead atoms. The molecule has 8 nitrogen and oxygen atoms in total. The van der Waals surface area contributed by atoms with E-state index in [0.717, 1.165) is 18.7 Å². The normalized spacial score (nSPS) is 11.9. The highest BCUT2D eigenvalue weighted by Crippen LogP contribution is 2.11. The summed E-state index contributed by atoms with van der Waals surface area (Å²) >= 11 is 0. The van der Waals surface area contributed by atoms with Crippen molar-refractivity contribution in [1.82, 2.24) is 20.3 Å². The van der Waals surface area contributed by atoms with Crippen LogP contribution in [0, 0.1) is 0 Å². The maximum absolute atomic E-state index is 12.1. The van der Waals surface area contributed by atoms with E-state index in [0.29, 0.717) is 19.0 Å². The highest BCUT2D eigenvalue weighted by Gasteiger charge is 2.12. The Balaban J connectivity index is 1.79. The van der Waals surface area contributed by atoms with Crippen LogP contribution in [0.5, 0.6) is 5.75 Å². The van der Waals surface area contributed by atoms with Crippen molar-refractivity contribution in [1.29, 1.82) is 0 Å². The zero-order valence-corrected chi connectivity index (χ0v) is 17.0. The summed E-state index contributed by atoms with van der Waals surface area (Å²) in [6.07, 6.45) is 3.68. The zero-order valence-electron chi connectivity index (χ0n) is 16.2. The van der Waals surface area contributed by atoms with Crippen molar-refractivity contribution in [3.05, 3.63) is 54.4 Å². The van der Waals surface area contributed by atoms with E-state index in [1.807, 2.05) is 31.2 Å². The van der Waals surface area contributed by atoms with Crippen LogP contribution in [0.1, 0.15) is 12.5 Å². The fourth-order valence-corrected chi connectivity index (χ4v) is 3.38. The van der Waals surface area contributed by atoms with Gasteiger partial charge in [-0.1, -0.05) is 12.1 Å². The van der Waals surface area contributed by atoms with Gasteiger partial charge in [-0.3, -0.25) is 9.98 Å². The molecule has 0 atom stereocenters. The summed E-state index contributed by atoms with van der Waals surface area (Å²) in [7, 11) is -1.92. The van der Waals surface area contributed by atoms with E-state index in [-0.39, 0.29) is 11.4 Å². The molecule has 28 heavy (non-hydrogen) atoms. The first-order valence-electron chi connectivity index (χ1n) is 9.10. The number of rotatable bonds is 10. The molecule has 3 N–H and O–H groups in total. The van der Waals surface area contributed by atoms with Crippen LogP contribution < -0.4 is 20.1 Å². The van der Waals surface area contributed by atoms with Gasteiger partial charge in [0.1, 0.15) is 10.6 Å². The number of ether oxygens (including phenoxy) is 1. The van der Waals surface area contributed by atoms with Crippen molar-refractivity contribution in [2.45, 2.75) is 18.2 Å². The molecule has 0 saturated carbocycles. The molecule has 0 aliphatic rings. The molecule has 0 amide bonds. The van der Waals surface area contributed by atoms with Gasteiger partial charge in [0.2, 0.25) is 10.0 Å². The Morgan fingerprint density at radius 1 is 1.14 bits per heavy atom. The van der Waals surface area contributed by atoms with Crippen molar-refractivity contribution in [2.24, 2.45) is 4.99 Å². The molecule has 0 aliphatic heterocycles. The maximum Gasteiger partial charge on any atom is 0.242 e. The first-order valence-corrected chi connectivity index (χ1v) is 10.6. The maximum atomic E-state index is 12.1. The van der Waals surface area contributed by atoms with Crippen molar-refractivity contribution >= 4 is 16.0 Å². The fourth-order valence-electron chi connectivity index (χ4n) is 2.40. The summed E-state index contributed by atoms with van der Waals surface area (Å²) in [5, 5.41) is 6.40. The Kier molecular flexibility index (Phi) is 8.70. The molecule has 0 saturated heterocycles. The van der Waals surface area contributed by atoms with Crippen LogP contribution in [-0.2, 0) is 16.4 Å². The Morgan fingerprint density at radius 3 is 2.57 bits per heavy atom. The number of nitrogens with zero attached hydrogens (tertiary/aromatic N) is 2. The first-order chi connectivity index (χ1) is 13.5. The number of hydrogen-bond donors (Lipinski definition) is 3. The third-order valence-electron chi connectivity index (χ3n) is 3.83. The lowest BCUT2D eigenvalue weighted by Gasteiger charge is -2.12. The highest BCUT2D eigenvalue weighted by atomic mass is 32.2. The van der Waals surface area contributed by atoms with Gasteiger partial charge < -0.3 is 15.4 Å². The van der Waals surface area contributed by atoms with Gasteiger partial charge in [-0.15, -0.1) is 0 Å². The van der Waals surface area contributed by atoms with E-state index >= 15 is 0 Å². The molecule has 0 spiro atoms. The standard InChI is InChI=1S/C19H27N5O3S/c1-3-21-19(22-12-10-16-6-8-17(27-2)9-7-16)23-13-14-24-28(25,26)18-5-4-11-20-15-18/h4-9,11,15,24H,3,10,12-14H2,1-2H3,(H2,21,22,23). The molecule has 0 fully saturated rings.